The fourth-order valence-electron chi connectivity index (χ4n) is 1.38. The van der Waals surface area contributed by atoms with E-state index in [2.05, 4.69) is 10.5 Å². The second-order valence-electron chi connectivity index (χ2n) is 3.12. The summed E-state index contributed by atoms with van der Waals surface area (Å²) in [6, 6.07) is 5.57. The average Bonchev–Trinajstić information content (AvgIpc) is 2.57. The van der Waals surface area contributed by atoms with E-state index in [1.54, 1.807) is 0 Å². The first-order chi connectivity index (χ1) is 6.81. The quantitative estimate of drug-likeness (QED) is 0.845. The van der Waals surface area contributed by atoms with Crippen molar-refractivity contribution in [3.63, 3.8) is 0 Å². The van der Waals surface area contributed by atoms with Crippen molar-refractivity contribution in [3.8, 4) is 0 Å². The molecular weight excluding hydrogens is 200 g/mol. The number of nitrogens with zero attached hydrogens (tertiary/aromatic N) is 1. The number of halogens is 1. The third-order valence-electron chi connectivity index (χ3n) is 2.12. The maximum absolute atomic E-state index is 5.90. The topological polar surface area (TPSA) is 38.1 Å². The highest BCUT2D eigenvalue weighted by atomic mass is 35.5. The minimum absolute atomic E-state index is 0.714. The van der Waals surface area contributed by atoms with Gasteiger partial charge in [0.25, 0.3) is 0 Å². The molecule has 14 heavy (non-hydrogen) atoms. The molecule has 1 heterocycles. The number of nitrogens with one attached hydrogen (secondary N) is 1. The Labute approximate surface area is 87.0 Å². The summed E-state index contributed by atoms with van der Waals surface area (Å²) in [5, 5.41) is 8.74. The van der Waals surface area contributed by atoms with Gasteiger partial charge in [-0.2, -0.15) is 0 Å². The standard InChI is InChI=1S/C10H11ClN2O/c1-12-5-4-10-8-6-7(11)2-3-9(8)13-14-10/h2-3,6,12H,4-5H2,1H3. The van der Waals surface area contributed by atoms with Crippen LogP contribution in [0.25, 0.3) is 10.9 Å². The molecule has 0 bridgehead atoms. The van der Waals surface area contributed by atoms with Crippen LogP contribution in [0.3, 0.4) is 0 Å². The average molecular weight is 211 g/mol. The van der Waals surface area contributed by atoms with E-state index in [1.807, 2.05) is 25.2 Å². The Kier molecular flexibility index (Phi) is 2.70. The summed E-state index contributed by atoms with van der Waals surface area (Å²) in [7, 11) is 1.91. The molecule has 1 aromatic carbocycles. The van der Waals surface area contributed by atoms with Crippen molar-refractivity contribution in [2.24, 2.45) is 0 Å². The Morgan fingerprint density at radius 2 is 2.36 bits per heavy atom. The second-order valence-corrected chi connectivity index (χ2v) is 3.56. The molecule has 0 atom stereocenters. The summed E-state index contributed by atoms with van der Waals surface area (Å²) in [6.45, 7) is 0.872. The van der Waals surface area contributed by atoms with Gasteiger partial charge in [-0.25, -0.2) is 0 Å². The van der Waals surface area contributed by atoms with Crippen molar-refractivity contribution >= 4 is 22.5 Å². The van der Waals surface area contributed by atoms with Crippen LogP contribution in [-0.4, -0.2) is 18.7 Å². The smallest absolute Gasteiger partial charge is 0.145 e. The molecule has 1 N–H and O–H groups in total. The molecule has 2 aromatic rings. The molecule has 0 amide bonds. The molecule has 2 rings (SSSR count). The predicted octanol–water partition coefficient (Wildman–Crippen LogP) is 2.24. The van der Waals surface area contributed by atoms with E-state index >= 15 is 0 Å². The summed E-state index contributed by atoms with van der Waals surface area (Å²) >= 11 is 5.90. The zero-order valence-electron chi connectivity index (χ0n) is 7.88. The minimum Gasteiger partial charge on any atom is -0.360 e. The first-order valence-electron chi connectivity index (χ1n) is 4.49. The Balaban J connectivity index is 2.40. The van der Waals surface area contributed by atoms with Gasteiger partial charge in [-0.1, -0.05) is 16.8 Å². The van der Waals surface area contributed by atoms with Crippen molar-refractivity contribution < 1.29 is 4.52 Å². The van der Waals surface area contributed by atoms with Crippen molar-refractivity contribution in [2.45, 2.75) is 6.42 Å². The number of hydrogen-bond donors (Lipinski definition) is 1. The van der Waals surface area contributed by atoms with Gasteiger partial charge in [0.2, 0.25) is 0 Å². The lowest BCUT2D eigenvalue weighted by atomic mass is 10.2. The van der Waals surface area contributed by atoms with E-state index in [4.69, 9.17) is 16.1 Å². The van der Waals surface area contributed by atoms with Crippen LogP contribution in [-0.2, 0) is 6.42 Å². The molecule has 0 aliphatic carbocycles. The van der Waals surface area contributed by atoms with Crippen LogP contribution >= 0.6 is 11.6 Å². The molecule has 1 aromatic heterocycles. The fraction of sp³-hybridized carbons (Fsp3) is 0.300. The molecule has 0 unspecified atom stereocenters. The Bertz CT molecular complexity index is 439. The lowest BCUT2D eigenvalue weighted by molar-refractivity contribution is 0.390. The molecule has 0 saturated carbocycles. The highest BCUT2D eigenvalue weighted by Crippen LogP contribution is 2.22. The number of aromatic nitrogens is 1. The zero-order chi connectivity index (χ0) is 9.97. The molecule has 0 spiro atoms. The lowest BCUT2D eigenvalue weighted by Gasteiger charge is -1.95. The van der Waals surface area contributed by atoms with Gasteiger partial charge in [0, 0.05) is 23.4 Å². The molecule has 0 saturated heterocycles. The van der Waals surface area contributed by atoms with Gasteiger partial charge in [0.15, 0.2) is 0 Å². The van der Waals surface area contributed by atoms with Crippen molar-refractivity contribution in [2.75, 3.05) is 13.6 Å². The van der Waals surface area contributed by atoms with Crippen molar-refractivity contribution in [1.29, 1.82) is 0 Å². The van der Waals surface area contributed by atoms with Gasteiger partial charge < -0.3 is 9.84 Å². The normalized spacial score (nSPS) is 11.0. The van der Waals surface area contributed by atoms with Crippen LogP contribution < -0.4 is 5.32 Å². The number of likely N-dealkylation sites (N-methyl/N-ethyl adjacent to an activating group) is 1. The molecule has 74 valence electrons. The lowest BCUT2D eigenvalue weighted by Crippen LogP contribution is -2.09. The SMILES string of the molecule is CNCCc1onc2ccc(Cl)cc12. The molecule has 0 aliphatic rings. The number of fused-ring (bicyclic) bond motifs is 1. The van der Waals surface area contributed by atoms with Gasteiger partial charge in [0.1, 0.15) is 11.3 Å². The minimum atomic E-state index is 0.714. The summed E-state index contributed by atoms with van der Waals surface area (Å²) in [6.07, 6.45) is 0.827. The second kappa shape index (κ2) is 3.98. The van der Waals surface area contributed by atoms with E-state index in [-0.39, 0.29) is 0 Å². The molecular formula is C10H11ClN2O. The summed E-state index contributed by atoms with van der Waals surface area (Å²) in [5.41, 5.74) is 0.862. The van der Waals surface area contributed by atoms with E-state index in [0.717, 1.165) is 29.6 Å². The summed E-state index contributed by atoms with van der Waals surface area (Å²) in [5.74, 6) is 0.886. The first-order valence-corrected chi connectivity index (χ1v) is 4.87. The number of hydrogen-bond acceptors (Lipinski definition) is 3. The van der Waals surface area contributed by atoms with Crippen molar-refractivity contribution in [3.05, 3.63) is 29.0 Å². The Morgan fingerprint density at radius 1 is 1.50 bits per heavy atom. The highest BCUT2D eigenvalue weighted by molar-refractivity contribution is 6.31. The van der Waals surface area contributed by atoms with Crippen LogP contribution in [0.2, 0.25) is 5.02 Å². The highest BCUT2D eigenvalue weighted by Gasteiger charge is 2.07. The van der Waals surface area contributed by atoms with Crippen LogP contribution in [0.5, 0.6) is 0 Å². The summed E-state index contributed by atoms with van der Waals surface area (Å²) in [4.78, 5) is 0. The molecule has 3 nitrogen and oxygen atoms in total. The predicted molar refractivity (Wildman–Crippen MR) is 56.6 cm³/mol. The van der Waals surface area contributed by atoms with E-state index < -0.39 is 0 Å². The largest absolute Gasteiger partial charge is 0.360 e. The van der Waals surface area contributed by atoms with Gasteiger partial charge in [-0.15, -0.1) is 0 Å². The fourth-order valence-corrected chi connectivity index (χ4v) is 1.56. The van der Waals surface area contributed by atoms with E-state index in [9.17, 15) is 0 Å². The maximum atomic E-state index is 5.90. The van der Waals surface area contributed by atoms with Crippen LogP contribution in [0, 0.1) is 0 Å². The summed E-state index contributed by atoms with van der Waals surface area (Å²) < 4.78 is 5.22. The Hall–Kier alpha value is -1.06. The van der Waals surface area contributed by atoms with E-state index in [1.165, 1.54) is 0 Å². The van der Waals surface area contributed by atoms with E-state index in [0.29, 0.717) is 5.02 Å². The van der Waals surface area contributed by atoms with Crippen LogP contribution in [0.4, 0.5) is 0 Å². The van der Waals surface area contributed by atoms with Crippen molar-refractivity contribution in [1.82, 2.24) is 10.5 Å². The molecule has 0 fully saturated rings. The van der Waals surface area contributed by atoms with Crippen LogP contribution in [0.1, 0.15) is 5.76 Å². The third kappa shape index (κ3) is 1.74. The number of benzene rings is 1. The first kappa shape index (κ1) is 9.49. The van der Waals surface area contributed by atoms with Gasteiger partial charge in [-0.05, 0) is 25.2 Å². The zero-order valence-corrected chi connectivity index (χ0v) is 8.64. The molecule has 4 heteroatoms. The molecule has 0 radical (unpaired) electrons. The number of rotatable bonds is 3. The van der Waals surface area contributed by atoms with Gasteiger partial charge in [-0.3, -0.25) is 0 Å². The monoisotopic (exact) mass is 210 g/mol. The van der Waals surface area contributed by atoms with Crippen LogP contribution in [0.15, 0.2) is 22.7 Å². The third-order valence-corrected chi connectivity index (χ3v) is 2.35. The van der Waals surface area contributed by atoms with Gasteiger partial charge in [0.05, 0.1) is 0 Å². The Morgan fingerprint density at radius 3 is 3.14 bits per heavy atom. The van der Waals surface area contributed by atoms with Gasteiger partial charge >= 0.3 is 0 Å². The molecule has 0 aliphatic heterocycles. The maximum Gasteiger partial charge on any atom is 0.145 e.